The van der Waals surface area contributed by atoms with E-state index in [1.54, 1.807) is 18.3 Å². The minimum atomic E-state index is 0.723. The van der Waals surface area contributed by atoms with Crippen LogP contribution in [0.25, 0.3) is 6.08 Å². The molecule has 0 saturated carbocycles. The highest BCUT2D eigenvalue weighted by molar-refractivity contribution is 7.10. The second-order valence-electron chi connectivity index (χ2n) is 6.58. The first-order chi connectivity index (χ1) is 14.1. The van der Waals surface area contributed by atoms with Gasteiger partial charge in [-0.2, -0.15) is 0 Å². The van der Waals surface area contributed by atoms with E-state index in [0.29, 0.717) is 0 Å². The van der Waals surface area contributed by atoms with Crippen molar-refractivity contribution in [3.63, 3.8) is 0 Å². The van der Waals surface area contributed by atoms with E-state index in [4.69, 9.17) is 0 Å². The molecule has 1 nitrogen and oxygen atoms in total. The lowest BCUT2D eigenvalue weighted by Crippen LogP contribution is -1.76. The van der Waals surface area contributed by atoms with E-state index in [2.05, 4.69) is 93.0 Å². The number of rotatable bonds is 11. The van der Waals surface area contributed by atoms with Gasteiger partial charge in [0.05, 0.1) is 0 Å². The molecule has 1 rings (SSSR count). The van der Waals surface area contributed by atoms with Crippen LogP contribution in [0.15, 0.2) is 107 Å². The van der Waals surface area contributed by atoms with Crippen LogP contribution in [0.3, 0.4) is 0 Å². The molecule has 0 N–H and O–H groups in total. The highest BCUT2D eigenvalue weighted by Crippen LogP contribution is 2.12. The Kier molecular flexibility index (Phi) is 12.8. The van der Waals surface area contributed by atoms with Crippen molar-refractivity contribution in [2.45, 2.75) is 40.5 Å². The Morgan fingerprint density at radius 3 is 1.90 bits per heavy atom. The summed E-state index contributed by atoms with van der Waals surface area (Å²) >= 11 is 1.74. The summed E-state index contributed by atoms with van der Waals surface area (Å²) in [6.07, 6.45) is 27.6. The summed E-state index contributed by atoms with van der Waals surface area (Å²) < 4.78 is 0. The normalized spacial score (nSPS) is 14.9. The smallest absolute Gasteiger partial charge is 0.145 e. The topological polar surface area (TPSA) is 17.1 Å². The Bertz CT molecular complexity index is 850. The summed E-state index contributed by atoms with van der Waals surface area (Å²) in [5.41, 5.74) is 4.44. The summed E-state index contributed by atoms with van der Waals surface area (Å²) in [6, 6.07) is 4.18. The third-order valence-corrected chi connectivity index (χ3v) is 4.96. The highest BCUT2D eigenvalue weighted by atomic mass is 32.1. The molecule has 0 amide bonds. The maximum atomic E-state index is 10.6. The first-order valence-corrected chi connectivity index (χ1v) is 10.9. The second kappa shape index (κ2) is 15.2. The Morgan fingerprint density at radius 2 is 1.41 bits per heavy atom. The Morgan fingerprint density at radius 1 is 0.828 bits per heavy atom. The average molecular weight is 405 g/mol. The Balaban J connectivity index is 2.67. The van der Waals surface area contributed by atoms with Gasteiger partial charge in [0, 0.05) is 4.88 Å². The minimum Gasteiger partial charge on any atom is -0.298 e. The van der Waals surface area contributed by atoms with Crippen LogP contribution in [0.5, 0.6) is 0 Å². The lowest BCUT2D eigenvalue weighted by Gasteiger charge is -1.95. The zero-order chi connectivity index (χ0) is 21.3. The molecule has 0 aliphatic carbocycles. The van der Waals surface area contributed by atoms with Gasteiger partial charge >= 0.3 is 0 Å². The number of thiophene rings is 1. The fourth-order valence-electron chi connectivity index (χ4n) is 2.28. The molecule has 2 heteroatoms. The lowest BCUT2D eigenvalue weighted by atomic mass is 10.1. The zero-order valence-electron chi connectivity index (χ0n) is 18.0. The molecule has 29 heavy (non-hydrogen) atoms. The molecule has 0 fully saturated rings. The van der Waals surface area contributed by atoms with Crippen molar-refractivity contribution in [1.29, 1.82) is 0 Å². The third kappa shape index (κ3) is 11.7. The van der Waals surface area contributed by atoms with Gasteiger partial charge in [0.2, 0.25) is 0 Å². The van der Waals surface area contributed by atoms with Crippen molar-refractivity contribution >= 4 is 23.7 Å². The Hall–Kier alpha value is -2.71. The van der Waals surface area contributed by atoms with Gasteiger partial charge in [0.1, 0.15) is 6.29 Å². The van der Waals surface area contributed by atoms with E-state index in [-0.39, 0.29) is 0 Å². The van der Waals surface area contributed by atoms with E-state index in [1.165, 1.54) is 21.6 Å². The summed E-state index contributed by atoms with van der Waals surface area (Å²) in [6.45, 7) is 8.20. The van der Waals surface area contributed by atoms with Crippen molar-refractivity contribution < 1.29 is 4.79 Å². The van der Waals surface area contributed by atoms with Crippen molar-refractivity contribution in [2.24, 2.45) is 0 Å². The van der Waals surface area contributed by atoms with Gasteiger partial charge in [-0.1, -0.05) is 92.3 Å². The molecule has 152 valence electrons. The van der Waals surface area contributed by atoms with Crippen LogP contribution < -0.4 is 0 Å². The number of allylic oxidation sites excluding steroid dienone is 15. The maximum Gasteiger partial charge on any atom is 0.145 e. The third-order valence-electron chi connectivity index (χ3n) is 4.13. The fraction of sp³-hybridized carbons (Fsp3) is 0.222. The molecule has 0 saturated heterocycles. The molecule has 0 unspecified atom stereocenters. The zero-order valence-corrected chi connectivity index (χ0v) is 18.8. The number of carbonyl (C=O) groups excluding carboxylic acids is 1. The fourth-order valence-corrected chi connectivity index (χ4v) is 2.90. The van der Waals surface area contributed by atoms with E-state index in [1.807, 2.05) is 18.2 Å². The summed E-state index contributed by atoms with van der Waals surface area (Å²) in [5.74, 6) is 0. The molecular formula is C27H32OS. The molecule has 0 aliphatic heterocycles. The van der Waals surface area contributed by atoms with Crippen LogP contribution in [-0.4, -0.2) is 6.29 Å². The van der Waals surface area contributed by atoms with Crippen molar-refractivity contribution in [3.05, 3.63) is 112 Å². The van der Waals surface area contributed by atoms with Crippen molar-refractivity contribution in [3.8, 4) is 0 Å². The van der Waals surface area contributed by atoms with E-state index in [9.17, 15) is 4.79 Å². The van der Waals surface area contributed by atoms with E-state index < -0.39 is 0 Å². The standard InChI is InChI=1S/C27H32OS/c1-5-25(16-9-12-23(3)19-20-27-18-11-21-29-27)14-7-8-15-26(6-2)17-10-13-24(4)22-28/h7-22H,5-6H2,1-4H3/b8-7+,16-9+,17-10+,20-19+,23-12+,24-13+,25-14+,26-15+. The van der Waals surface area contributed by atoms with Crippen LogP contribution in [0, 0.1) is 0 Å². The number of hydrogen-bond donors (Lipinski definition) is 0. The first-order valence-electron chi connectivity index (χ1n) is 10.0. The predicted molar refractivity (Wildman–Crippen MR) is 131 cm³/mol. The number of aldehydes is 1. The summed E-state index contributed by atoms with van der Waals surface area (Å²) in [4.78, 5) is 11.9. The van der Waals surface area contributed by atoms with Gasteiger partial charge in [-0.05, 0) is 60.9 Å². The summed E-state index contributed by atoms with van der Waals surface area (Å²) in [7, 11) is 0. The van der Waals surface area contributed by atoms with Crippen LogP contribution in [0.1, 0.15) is 45.4 Å². The van der Waals surface area contributed by atoms with Gasteiger partial charge < -0.3 is 0 Å². The van der Waals surface area contributed by atoms with E-state index >= 15 is 0 Å². The van der Waals surface area contributed by atoms with Gasteiger partial charge in [0.15, 0.2) is 0 Å². The van der Waals surface area contributed by atoms with Crippen LogP contribution in [0.4, 0.5) is 0 Å². The highest BCUT2D eigenvalue weighted by Gasteiger charge is 1.88. The quantitative estimate of drug-likeness (QED) is 0.206. The largest absolute Gasteiger partial charge is 0.298 e. The molecule has 0 aromatic carbocycles. The molecule has 1 heterocycles. The summed E-state index contributed by atoms with van der Waals surface area (Å²) in [5, 5.41) is 2.09. The van der Waals surface area contributed by atoms with Crippen molar-refractivity contribution in [1.82, 2.24) is 0 Å². The van der Waals surface area contributed by atoms with Crippen LogP contribution >= 0.6 is 11.3 Å². The molecule has 0 aliphatic rings. The molecule has 1 aromatic heterocycles. The molecule has 0 bridgehead atoms. The van der Waals surface area contributed by atoms with Crippen LogP contribution in [0.2, 0.25) is 0 Å². The first kappa shape index (κ1) is 24.3. The SMILES string of the molecule is CCC(/C=C/C=C(\C)C=O)=C\C=C\C=C(\C=C\C=C(C)\C=C\c1cccs1)CC. The maximum absolute atomic E-state index is 10.6. The van der Waals surface area contributed by atoms with Crippen molar-refractivity contribution in [2.75, 3.05) is 0 Å². The average Bonchev–Trinajstić information content (AvgIpc) is 3.26. The monoisotopic (exact) mass is 404 g/mol. The Labute approximate surface area is 180 Å². The van der Waals surface area contributed by atoms with Gasteiger partial charge in [-0.25, -0.2) is 0 Å². The molecule has 1 aromatic rings. The van der Waals surface area contributed by atoms with Gasteiger partial charge in [0.25, 0.3) is 0 Å². The number of carbonyl (C=O) groups is 1. The van der Waals surface area contributed by atoms with Gasteiger partial charge in [-0.3, -0.25) is 4.79 Å². The second-order valence-corrected chi connectivity index (χ2v) is 7.56. The number of hydrogen-bond acceptors (Lipinski definition) is 2. The minimum absolute atomic E-state index is 0.723. The molecular weight excluding hydrogens is 372 g/mol. The predicted octanol–water partition coefficient (Wildman–Crippen LogP) is 8.19. The molecule has 0 spiro atoms. The molecule has 0 radical (unpaired) electrons. The van der Waals surface area contributed by atoms with Crippen LogP contribution in [-0.2, 0) is 4.79 Å². The van der Waals surface area contributed by atoms with E-state index in [0.717, 1.165) is 24.7 Å². The molecule has 0 atom stereocenters. The van der Waals surface area contributed by atoms with Gasteiger partial charge in [-0.15, -0.1) is 11.3 Å². The lowest BCUT2D eigenvalue weighted by molar-refractivity contribution is -0.104.